The van der Waals surface area contributed by atoms with Crippen LogP contribution in [0.4, 0.5) is 33.4 Å². The summed E-state index contributed by atoms with van der Waals surface area (Å²) in [6, 6.07) is 16.4. The molecule has 4 rings (SSSR count). The molecule has 31 heavy (non-hydrogen) atoms. The number of aromatic nitrogens is 2. The average molecular weight is 419 g/mol. The quantitative estimate of drug-likeness (QED) is 0.507. The monoisotopic (exact) mass is 418 g/mol. The summed E-state index contributed by atoms with van der Waals surface area (Å²) in [6.45, 7) is 4.66. The number of nitrogens with one attached hydrogen (secondary N) is 3. The summed E-state index contributed by atoms with van der Waals surface area (Å²) in [5.41, 5.74) is 3.33. The molecule has 1 saturated heterocycles. The van der Waals surface area contributed by atoms with Gasteiger partial charge in [0.15, 0.2) is 5.82 Å². The van der Waals surface area contributed by atoms with Gasteiger partial charge in [0.25, 0.3) is 0 Å². The molecule has 0 bridgehead atoms. The van der Waals surface area contributed by atoms with Crippen molar-refractivity contribution in [3.63, 3.8) is 0 Å². The predicted molar refractivity (Wildman–Crippen MR) is 123 cm³/mol. The van der Waals surface area contributed by atoms with Crippen LogP contribution in [0.1, 0.15) is 19.8 Å². The van der Waals surface area contributed by atoms with Crippen LogP contribution in [0.2, 0.25) is 0 Å². The van der Waals surface area contributed by atoms with Crippen molar-refractivity contribution in [3.8, 4) is 5.75 Å². The van der Waals surface area contributed by atoms with E-state index < -0.39 is 0 Å². The smallest absolute Gasteiger partial charge is 0.323 e. The van der Waals surface area contributed by atoms with E-state index in [1.807, 2.05) is 49.4 Å². The van der Waals surface area contributed by atoms with E-state index in [0.29, 0.717) is 23.8 Å². The number of nitrogens with zero attached hydrogens (tertiary/aromatic N) is 3. The van der Waals surface area contributed by atoms with Gasteiger partial charge in [0.1, 0.15) is 5.75 Å². The Kier molecular flexibility index (Phi) is 6.47. The maximum absolute atomic E-state index is 12.2. The minimum atomic E-state index is -0.311. The summed E-state index contributed by atoms with van der Waals surface area (Å²) >= 11 is 0. The molecule has 1 aliphatic rings. The molecule has 1 aromatic heterocycles. The number of carbonyl (C=O) groups is 1. The van der Waals surface area contributed by atoms with Gasteiger partial charge in [-0.1, -0.05) is 0 Å². The normalized spacial score (nSPS) is 13.0. The van der Waals surface area contributed by atoms with Gasteiger partial charge in [-0.15, -0.1) is 5.10 Å². The number of urea groups is 1. The molecule has 0 aliphatic carbocycles. The molecule has 3 aromatic rings. The lowest BCUT2D eigenvalue weighted by Gasteiger charge is -2.17. The van der Waals surface area contributed by atoms with E-state index in [-0.39, 0.29) is 6.03 Å². The molecular weight excluding hydrogens is 392 g/mol. The van der Waals surface area contributed by atoms with Gasteiger partial charge in [-0.05, 0) is 68.3 Å². The lowest BCUT2D eigenvalue weighted by Crippen LogP contribution is -2.19. The fraction of sp³-hybridized carbons (Fsp3) is 0.261. The Balaban J connectivity index is 1.31. The average Bonchev–Trinajstić information content (AvgIpc) is 3.32. The number of carbonyl (C=O) groups excluding carboxylic acids is 1. The van der Waals surface area contributed by atoms with Gasteiger partial charge >= 0.3 is 6.03 Å². The van der Waals surface area contributed by atoms with E-state index in [9.17, 15) is 4.79 Å². The Morgan fingerprint density at radius 2 is 1.58 bits per heavy atom. The molecule has 160 valence electrons. The number of anilines is 5. The molecule has 0 radical (unpaired) electrons. The van der Waals surface area contributed by atoms with Crippen molar-refractivity contribution in [3.05, 3.63) is 60.8 Å². The Hall–Kier alpha value is -3.81. The van der Waals surface area contributed by atoms with Crippen LogP contribution in [-0.4, -0.2) is 35.9 Å². The third-order valence-corrected chi connectivity index (χ3v) is 4.95. The molecule has 0 unspecified atom stereocenters. The molecule has 1 fully saturated rings. The number of benzene rings is 2. The zero-order valence-electron chi connectivity index (χ0n) is 17.5. The van der Waals surface area contributed by atoms with Gasteiger partial charge in [0.2, 0.25) is 0 Å². The summed E-state index contributed by atoms with van der Waals surface area (Å²) < 4.78 is 5.40. The summed E-state index contributed by atoms with van der Waals surface area (Å²) in [6.07, 6.45) is 4.23. The van der Waals surface area contributed by atoms with Crippen LogP contribution < -0.4 is 25.6 Å². The second-order valence-corrected chi connectivity index (χ2v) is 7.23. The lowest BCUT2D eigenvalue weighted by molar-refractivity contribution is 0.262. The van der Waals surface area contributed by atoms with Gasteiger partial charge in [0, 0.05) is 36.2 Å². The van der Waals surface area contributed by atoms with Crippen molar-refractivity contribution in [2.75, 3.05) is 40.5 Å². The first-order chi connectivity index (χ1) is 15.2. The molecule has 8 nitrogen and oxygen atoms in total. The van der Waals surface area contributed by atoms with E-state index in [0.717, 1.165) is 30.2 Å². The molecule has 1 aliphatic heterocycles. The zero-order valence-corrected chi connectivity index (χ0v) is 17.5. The summed E-state index contributed by atoms with van der Waals surface area (Å²) in [7, 11) is 0. The topological polar surface area (TPSA) is 91.4 Å². The third kappa shape index (κ3) is 5.63. The van der Waals surface area contributed by atoms with Crippen LogP contribution >= 0.6 is 0 Å². The standard InChI is InChI=1S/C23H26N6O2/c1-2-31-21-11-9-19(10-12-21)27-23(30)26-18-7-5-17(6-8-18)25-22-15-20(16-24-28-22)29-13-3-4-14-29/h5-12,15-16H,2-4,13-14H2,1H3,(H,25,28)(H2,26,27,30). The van der Waals surface area contributed by atoms with Crippen molar-refractivity contribution in [2.45, 2.75) is 19.8 Å². The molecule has 0 spiro atoms. The largest absolute Gasteiger partial charge is 0.494 e. The van der Waals surface area contributed by atoms with Crippen molar-refractivity contribution < 1.29 is 9.53 Å². The number of rotatable bonds is 7. The van der Waals surface area contributed by atoms with Crippen molar-refractivity contribution in [2.24, 2.45) is 0 Å². The first-order valence-corrected chi connectivity index (χ1v) is 10.5. The number of hydrogen-bond acceptors (Lipinski definition) is 6. The SMILES string of the molecule is CCOc1ccc(NC(=O)Nc2ccc(Nc3cc(N4CCCC4)cnn3)cc2)cc1. The Labute approximate surface area is 181 Å². The highest BCUT2D eigenvalue weighted by Crippen LogP contribution is 2.23. The minimum absolute atomic E-state index is 0.311. The molecule has 0 atom stereocenters. The molecule has 8 heteroatoms. The predicted octanol–water partition coefficient (Wildman–Crippen LogP) is 4.86. The molecule has 3 N–H and O–H groups in total. The highest BCUT2D eigenvalue weighted by molar-refractivity contribution is 5.99. The van der Waals surface area contributed by atoms with Crippen molar-refractivity contribution in [1.29, 1.82) is 0 Å². The zero-order chi connectivity index (χ0) is 21.5. The fourth-order valence-corrected chi connectivity index (χ4v) is 3.45. The van der Waals surface area contributed by atoms with Crippen LogP contribution in [-0.2, 0) is 0 Å². The highest BCUT2D eigenvalue weighted by atomic mass is 16.5. The number of ether oxygens (including phenoxy) is 1. The fourth-order valence-electron chi connectivity index (χ4n) is 3.45. The van der Waals surface area contributed by atoms with Crippen LogP contribution in [0.5, 0.6) is 5.75 Å². The minimum Gasteiger partial charge on any atom is -0.494 e. The Bertz CT molecular complexity index is 1000. The van der Waals surface area contributed by atoms with Gasteiger partial charge in [0.05, 0.1) is 18.5 Å². The van der Waals surface area contributed by atoms with E-state index in [2.05, 4.69) is 31.0 Å². The van der Waals surface area contributed by atoms with Gasteiger partial charge < -0.3 is 25.6 Å². The van der Waals surface area contributed by atoms with E-state index in [1.165, 1.54) is 12.8 Å². The Morgan fingerprint density at radius 3 is 2.23 bits per heavy atom. The molecule has 2 amide bonds. The summed E-state index contributed by atoms with van der Waals surface area (Å²) in [5.74, 6) is 1.46. The molecule has 0 saturated carbocycles. The van der Waals surface area contributed by atoms with Crippen LogP contribution in [0.15, 0.2) is 60.8 Å². The summed E-state index contributed by atoms with van der Waals surface area (Å²) in [5, 5.41) is 17.2. The van der Waals surface area contributed by atoms with Gasteiger partial charge in [-0.2, -0.15) is 5.10 Å². The molecule has 2 aromatic carbocycles. The second-order valence-electron chi connectivity index (χ2n) is 7.23. The highest BCUT2D eigenvalue weighted by Gasteiger charge is 2.13. The lowest BCUT2D eigenvalue weighted by atomic mass is 10.2. The maximum Gasteiger partial charge on any atom is 0.323 e. The molecular formula is C23H26N6O2. The van der Waals surface area contributed by atoms with E-state index in [4.69, 9.17) is 4.74 Å². The number of hydrogen-bond donors (Lipinski definition) is 3. The second kappa shape index (κ2) is 9.80. The van der Waals surface area contributed by atoms with E-state index >= 15 is 0 Å². The van der Waals surface area contributed by atoms with E-state index in [1.54, 1.807) is 18.3 Å². The third-order valence-electron chi connectivity index (χ3n) is 4.95. The molecule has 2 heterocycles. The summed E-state index contributed by atoms with van der Waals surface area (Å²) in [4.78, 5) is 14.6. The maximum atomic E-state index is 12.2. The first kappa shape index (κ1) is 20.5. The van der Waals surface area contributed by atoms with Crippen molar-refractivity contribution >= 4 is 34.6 Å². The van der Waals surface area contributed by atoms with Gasteiger partial charge in [-0.25, -0.2) is 4.79 Å². The van der Waals surface area contributed by atoms with Crippen LogP contribution in [0.25, 0.3) is 0 Å². The van der Waals surface area contributed by atoms with Crippen LogP contribution in [0.3, 0.4) is 0 Å². The van der Waals surface area contributed by atoms with Gasteiger partial charge in [-0.3, -0.25) is 0 Å². The van der Waals surface area contributed by atoms with Crippen LogP contribution in [0, 0.1) is 0 Å². The number of amides is 2. The van der Waals surface area contributed by atoms with Crippen molar-refractivity contribution in [1.82, 2.24) is 10.2 Å². The first-order valence-electron chi connectivity index (χ1n) is 10.5. The Morgan fingerprint density at radius 1 is 0.968 bits per heavy atom.